The molecule has 0 saturated carbocycles. The first-order chi connectivity index (χ1) is 7.60. The summed E-state index contributed by atoms with van der Waals surface area (Å²) in [6, 6.07) is 0. The summed E-state index contributed by atoms with van der Waals surface area (Å²) in [6.45, 7) is 4.52. The molecule has 1 rings (SSSR count). The zero-order valence-corrected chi connectivity index (χ0v) is 12.4. The van der Waals surface area contributed by atoms with Gasteiger partial charge in [0.15, 0.2) is 0 Å². The van der Waals surface area contributed by atoms with Gasteiger partial charge in [-0.3, -0.25) is 4.68 Å². The number of aryl methyl sites for hydroxylation is 2. The Labute approximate surface area is 110 Å². The third-order valence-corrected chi connectivity index (χ3v) is 4.70. The van der Waals surface area contributed by atoms with Gasteiger partial charge < -0.3 is 5.11 Å². The van der Waals surface area contributed by atoms with Crippen LogP contribution in [0.2, 0.25) is 0 Å². The lowest BCUT2D eigenvalue weighted by atomic mass is 10.3. The van der Waals surface area contributed by atoms with Gasteiger partial charge in [-0.15, -0.1) is 0 Å². The SMILES string of the molecule is CCc1nn(C)c(CSC(C)CCO)c1Br. The van der Waals surface area contributed by atoms with Crippen LogP contribution >= 0.6 is 27.7 Å². The van der Waals surface area contributed by atoms with Crippen LogP contribution in [0.4, 0.5) is 0 Å². The van der Waals surface area contributed by atoms with E-state index in [0.717, 1.165) is 28.8 Å². The van der Waals surface area contributed by atoms with Gasteiger partial charge in [-0.25, -0.2) is 0 Å². The Morgan fingerprint density at radius 3 is 2.75 bits per heavy atom. The Balaban J connectivity index is 2.63. The van der Waals surface area contributed by atoms with Gasteiger partial charge in [0.1, 0.15) is 0 Å². The predicted molar refractivity (Wildman–Crippen MR) is 72.7 cm³/mol. The molecule has 0 fully saturated rings. The molecule has 0 saturated heterocycles. The van der Waals surface area contributed by atoms with Gasteiger partial charge in [0.2, 0.25) is 0 Å². The van der Waals surface area contributed by atoms with Gasteiger partial charge in [0.05, 0.1) is 15.9 Å². The second-order valence-electron chi connectivity index (χ2n) is 3.82. The summed E-state index contributed by atoms with van der Waals surface area (Å²) < 4.78 is 3.09. The molecule has 0 bridgehead atoms. The summed E-state index contributed by atoms with van der Waals surface area (Å²) in [6.07, 6.45) is 1.80. The first-order valence-electron chi connectivity index (χ1n) is 5.52. The van der Waals surface area contributed by atoms with Gasteiger partial charge in [0.25, 0.3) is 0 Å². The van der Waals surface area contributed by atoms with Crippen molar-refractivity contribution in [2.75, 3.05) is 6.61 Å². The fourth-order valence-electron chi connectivity index (χ4n) is 1.46. The molecule has 0 amide bonds. The summed E-state index contributed by atoms with van der Waals surface area (Å²) in [7, 11) is 1.98. The van der Waals surface area contributed by atoms with E-state index in [9.17, 15) is 0 Å². The normalized spacial score (nSPS) is 13.1. The van der Waals surface area contributed by atoms with E-state index in [4.69, 9.17) is 5.11 Å². The Bertz CT molecular complexity index is 341. The summed E-state index contributed by atoms with van der Waals surface area (Å²) in [4.78, 5) is 0. The standard InChI is InChI=1S/C11H19BrN2OS/c1-4-9-11(12)10(14(3)13-9)7-16-8(2)5-6-15/h8,15H,4-7H2,1-3H3. The number of aromatic nitrogens is 2. The molecule has 1 unspecified atom stereocenters. The van der Waals surface area contributed by atoms with Gasteiger partial charge in [-0.05, 0) is 28.8 Å². The second kappa shape index (κ2) is 6.67. The molecule has 0 aliphatic heterocycles. The monoisotopic (exact) mass is 306 g/mol. The maximum absolute atomic E-state index is 8.85. The molecule has 0 aromatic carbocycles. The van der Waals surface area contributed by atoms with E-state index in [-0.39, 0.29) is 6.61 Å². The molecule has 0 spiro atoms. The van der Waals surface area contributed by atoms with Crippen molar-refractivity contribution in [3.05, 3.63) is 15.9 Å². The Morgan fingerprint density at radius 2 is 2.25 bits per heavy atom. The van der Waals surface area contributed by atoms with E-state index >= 15 is 0 Å². The van der Waals surface area contributed by atoms with Crippen LogP contribution in [0.15, 0.2) is 4.47 Å². The van der Waals surface area contributed by atoms with Gasteiger partial charge in [-0.2, -0.15) is 16.9 Å². The molecule has 5 heteroatoms. The van der Waals surface area contributed by atoms with Crippen LogP contribution in [0.25, 0.3) is 0 Å². The fourth-order valence-corrected chi connectivity index (χ4v) is 3.45. The first-order valence-corrected chi connectivity index (χ1v) is 7.37. The number of hydrogen-bond acceptors (Lipinski definition) is 3. The molecule has 1 aromatic heterocycles. The minimum Gasteiger partial charge on any atom is -0.396 e. The number of rotatable bonds is 6. The number of aliphatic hydroxyl groups is 1. The van der Waals surface area contributed by atoms with Crippen molar-refractivity contribution < 1.29 is 5.11 Å². The summed E-state index contributed by atoms with van der Waals surface area (Å²) >= 11 is 5.46. The van der Waals surface area contributed by atoms with Gasteiger partial charge >= 0.3 is 0 Å². The maximum Gasteiger partial charge on any atom is 0.0767 e. The quantitative estimate of drug-likeness (QED) is 0.878. The highest BCUT2D eigenvalue weighted by molar-refractivity contribution is 9.10. The smallest absolute Gasteiger partial charge is 0.0767 e. The molecule has 16 heavy (non-hydrogen) atoms. The van der Waals surface area contributed by atoms with Gasteiger partial charge in [-0.1, -0.05) is 13.8 Å². The third-order valence-electron chi connectivity index (χ3n) is 2.54. The zero-order chi connectivity index (χ0) is 12.1. The van der Waals surface area contributed by atoms with E-state index in [1.54, 1.807) is 0 Å². The number of halogens is 1. The summed E-state index contributed by atoms with van der Waals surface area (Å²) in [5.41, 5.74) is 2.35. The number of hydrogen-bond donors (Lipinski definition) is 1. The van der Waals surface area contributed by atoms with Crippen molar-refractivity contribution in [2.45, 2.75) is 37.7 Å². The lowest BCUT2D eigenvalue weighted by Crippen LogP contribution is -2.03. The Kier molecular flexibility index (Phi) is 5.86. The van der Waals surface area contributed by atoms with Crippen molar-refractivity contribution in [3.63, 3.8) is 0 Å². The van der Waals surface area contributed by atoms with Gasteiger partial charge in [0, 0.05) is 24.7 Å². The van der Waals surface area contributed by atoms with Crippen LogP contribution in [-0.4, -0.2) is 26.7 Å². The maximum atomic E-state index is 8.85. The molecule has 0 aliphatic rings. The van der Waals surface area contributed by atoms with E-state index in [1.165, 1.54) is 5.69 Å². The summed E-state index contributed by atoms with van der Waals surface area (Å²) in [5, 5.41) is 13.8. The molecule has 3 nitrogen and oxygen atoms in total. The Morgan fingerprint density at radius 1 is 1.56 bits per heavy atom. The van der Waals surface area contributed by atoms with E-state index in [2.05, 4.69) is 34.9 Å². The highest BCUT2D eigenvalue weighted by Gasteiger charge is 2.13. The highest BCUT2D eigenvalue weighted by Crippen LogP contribution is 2.27. The average Bonchev–Trinajstić information content (AvgIpc) is 2.52. The highest BCUT2D eigenvalue weighted by atomic mass is 79.9. The molecule has 92 valence electrons. The van der Waals surface area contributed by atoms with Crippen LogP contribution in [0.3, 0.4) is 0 Å². The lowest BCUT2D eigenvalue weighted by molar-refractivity contribution is 0.289. The molecule has 0 radical (unpaired) electrons. The molecule has 1 aromatic rings. The first kappa shape index (κ1) is 14.1. The minimum absolute atomic E-state index is 0.265. The Hall–Kier alpha value is -0.0000000000000000555. The number of nitrogens with zero attached hydrogens (tertiary/aromatic N) is 2. The molecular formula is C11H19BrN2OS. The van der Waals surface area contributed by atoms with Crippen molar-refractivity contribution in [1.82, 2.24) is 9.78 Å². The largest absolute Gasteiger partial charge is 0.396 e. The molecule has 1 atom stereocenters. The number of aliphatic hydroxyl groups excluding tert-OH is 1. The van der Waals surface area contributed by atoms with Crippen LogP contribution in [-0.2, 0) is 19.2 Å². The van der Waals surface area contributed by atoms with Crippen LogP contribution in [0, 0.1) is 0 Å². The van der Waals surface area contributed by atoms with Crippen LogP contribution in [0.1, 0.15) is 31.7 Å². The summed E-state index contributed by atoms with van der Waals surface area (Å²) in [5.74, 6) is 0.936. The second-order valence-corrected chi connectivity index (χ2v) is 6.04. The van der Waals surface area contributed by atoms with Crippen LogP contribution < -0.4 is 0 Å². The topological polar surface area (TPSA) is 38.0 Å². The molecule has 1 heterocycles. The van der Waals surface area contributed by atoms with E-state index in [0.29, 0.717) is 5.25 Å². The number of thioether (sulfide) groups is 1. The lowest BCUT2D eigenvalue weighted by Gasteiger charge is -2.09. The average molecular weight is 307 g/mol. The van der Waals surface area contributed by atoms with E-state index in [1.807, 2.05) is 23.5 Å². The van der Waals surface area contributed by atoms with Crippen molar-refractivity contribution in [1.29, 1.82) is 0 Å². The van der Waals surface area contributed by atoms with E-state index < -0.39 is 0 Å². The van der Waals surface area contributed by atoms with Crippen LogP contribution in [0.5, 0.6) is 0 Å². The molecule has 0 aliphatic carbocycles. The van der Waals surface area contributed by atoms with Crippen molar-refractivity contribution in [2.24, 2.45) is 7.05 Å². The molecular weight excluding hydrogens is 288 g/mol. The predicted octanol–water partition coefficient (Wildman–Crippen LogP) is 2.75. The van der Waals surface area contributed by atoms with Crippen molar-refractivity contribution >= 4 is 27.7 Å². The van der Waals surface area contributed by atoms with Crippen molar-refractivity contribution in [3.8, 4) is 0 Å². The fraction of sp³-hybridized carbons (Fsp3) is 0.727. The zero-order valence-electron chi connectivity index (χ0n) is 10.0. The third kappa shape index (κ3) is 3.50. The minimum atomic E-state index is 0.265. The molecule has 1 N–H and O–H groups in total.